The molecule has 0 bridgehead atoms. The number of hydrogen-bond acceptors (Lipinski definition) is 7. The number of unbranched alkanes of at least 4 members (excludes halogenated alkanes) is 15. The lowest BCUT2D eigenvalue weighted by Gasteiger charge is -2.03. The number of rotatable bonds is 24. The van der Waals surface area contributed by atoms with Crippen LogP contribution in [0.5, 0.6) is 0 Å². The molecule has 0 aromatic heterocycles. The molecule has 0 saturated heterocycles. The molecule has 0 amide bonds. The maximum Gasteiger partial charge on any atom is 0.304 e. The number of carboxylic acid groups (broad SMARTS) is 2. The van der Waals surface area contributed by atoms with Crippen LogP contribution in [0.2, 0.25) is 0 Å². The van der Waals surface area contributed by atoms with E-state index in [9.17, 15) is 9.59 Å². The standard InChI is InChI=1S/C18H39N.C6H10O4S2.C2H6O2/c1-2-3-4-5-6-7-8-9-10-11-12-13-14-15-16-17-18-19;7-5(8)1-3-11-12-4-2-6(9)10;3-1-2-4/h2-19H2,1H3;1-4H2,(H,7,8)(H,9,10);3-4H,1-2H2. The maximum atomic E-state index is 10.0. The normalized spacial score (nSPS) is 10.2. The molecule has 0 aliphatic carbocycles. The van der Waals surface area contributed by atoms with Gasteiger partial charge in [0.25, 0.3) is 0 Å². The molecular formula is C26H55NO6S2. The van der Waals surface area contributed by atoms with E-state index >= 15 is 0 Å². The molecule has 0 unspecified atom stereocenters. The Balaban J connectivity index is -0.000000544. The summed E-state index contributed by atoms with van der Waals surface area (Å²) in [7, 11) is 2.79. The Kier molecular flexibility index (Phi) is 42.4. The first-order valence-electron chi connectivity index (χ1n) is 13.6. The number of aliphatic hydroxyl groups is 2. The van der Waals surface area contributed by atoms with Crippen molar-refractivity contribution in [1.29, 1.82) is 0 Å². The van der Waals surface area contributed by atoms with Crippen LogP contribution in [0.25, 0.3) is 0 Å². The van der Waals surface area contributed by atoms with Crippen LogP contribution in [-0.2, 0) is 9.59 Å². The van der Waals surface area contributed by atoms with E-state index in [-0.39, 0.29) is 26.1 Å². The second-order valence-corrected chi connectivity index (χ2v) is 11.2. The van der Waals surface area contributed by atoms with Crippen molar-refractivity contribution in [2.75, 3.05) is 31.3 Å². The SMILES string of the molecule is CCCCCCCCCCCCCCCCCCN.O=C(O)CCSSCCC(=O)O.OCCO. The zero-order valence-electron chi connectivity index (χ0n) is 22.3. The summed E-state index contributed by atoms with van der Waals surface area (Å²) in [4.78, 5) is 20.0. The minimum absolute atomic E-state index is 0.125. The van der Waals surface area contributed by atoms with Gasteiger partial charge in [-0.05, 0) is 13.0 Å². The van der Waals surface area contributed by atoms with Gasteiger partial charge >= 0.3 is 11.9 Å². The number of carbonyl (C=O) groups is 2. The highest BCUT2D eigenvalue weighted by Crippen LogP contribution is 2.22. The summed E-state index contributed by atoms with van der Waals surface area (Å²) in [6.45, 7) is 2.91. The van der Waals surface area contributed by atoms with Crippen LogP contribution in [0.4, 0.5) is 0 Å². The van der Waals surface area contributed by atoms with Crippen molar-refractivity contribution in [2.24, 2.45) is 5.73 Å². The fourth-order valence-electron chi connectivity index (χ4n) is 3.07. The molecule has 0 aromatic carbocycles. The number of carboxylic acids is 2. The van der Waals surface area contributed by atoms with E-state index in [1.165, 1.54) is 124 Å². The molecule has 0 rings (SSSR count). The van der Waals surface area contributed by atoms with E-state index < -0.39 is 11.9 Å². The molecule has 0 radical (unpaired) electrons. The van der Waals surface area contributed by atoms with E-state index in [2.05, 4.69) is 6.92 Å². The van der Waals surface area contributed by atoms with Crippen molar-refractivity contribution in [1.82, 2.24) is 0 Å². The third-order valence-corrected chi connectivity index (χ3v) is 7.45. The van der Waals surface area contributed by atoms with Crippen molar-refractivity contribution in [3.05, 3.63) is 0 Å². The molecule has 0 saturated carbocycles. The van der Waals surface area contributed by atoms with Gasteiger partial charge in [0.05, 0.1) is 26.1 Å². The largest absolute Gasteiger partial charge is 0.481 e. The maximum absolute atomic E-state index is 10.0. The Morgan fingerprint density at radius 3 is 1.09 bits per heavy atom. The lowest BCUT2D eigenvalue weighted by atomic mass is 10.0. The van der Waals surface area contributed by atoms with Crippen LogP contribution < -0.4 is 5.73 Å². The molecular weight excluding hydrogens is 486 g/mol. The summed E-state index contributed by atoms with van der Waals surface area (Å²) >= 11 is 0. The lowest BCUT2D eigenvalue weighted by molar-refractivity contribution is -0.137. The van der Waals surface area contributed by atoms with Gasteiger partial charge in [-0.3, -0.25) is 9.59 Å². The highest BCUT2D eigenvalue weighted by molar-refractivity contribution is 8.76. The monoisotopic (exact) mass is 541 g/mol. The predicted octanol–water partition coefficient (Wildman–Crippen LogP) is 6.49. The zero-order chi connectivity index (χ0) is 26.8. The minimum atomic E-state index is -0.818. The van der Waals surface area contributed by atoms with Crippen LogP contribution in [0.3, 0.4) is 0 Å². The number of aliphatic hydroxyl groups excluding tert-OH is 2. The van der Waals surface area contributed by atoms with Crippen molar-refractivity contribution >= 4 is 33.5 Å². The first-order valence-corrected chi connectivity index (χ1v) is 16.0. The van der Waals surface area contributed by atoms with Crippen LogP contribution >= 0.6 is 21.6 Å². The van der Waals surface area contributed by atoms with Crippen LogP contribution in [0.1, 0.15) is 122 Å². The Morgan fingerprint density at radius 2 is 0.857 bits per heavy atom. The lowest BCUT2D eigenvalue weighted by Crippen LogP contribution is -1.97. The van der Waals surface area contributed by atoms with E-state index in [0.29, 0.717) is 11.5 Å². The van der Waals surface area contributed by atoms with Gasteiger partial charge in [0.2, 0.25) is 0 Å². The molecule has 0 spiro atoms. The van der Waals surface area contributed by atoms with Crippen LogP contribution in [0, 0.1) is 0 Å². The highest BCUT2D eigenvalue weighted by atomic mass is 33.1. The van der Waals surface area contributed by atoms with Crippen molar-refractivity contribution < 1.29 is 30.0 Å². The molecule has 0 heterocycles. The first kappa shape index (κ1) is 39.0. The molecule has 6 N–H and O–H groups in total. The number of aliphatic carboxylic acids is 2. The Hall–Kier alpha value is -0.480. The average Bonchev–Trinajstić information content (AvgIpc) is 2.84. The Labute approximate surface area is 222 Å². The quantitative estimate of drug-likeness (QED) is 0.0684. The molecule has 0 atom stereocenters. The molecule has 0 fully saturated rings. The van der Waals surface area contributed by atoms with E-state index in [4.69, 9.17) is 26.2 Å². The van der Waals surface area contributed by atoms with Gasteiger partial charge in [-0.25, -0.2) is 0 Å². The second kappa shape index (κ2) is 38.1. The van der Waals surface area contributed by atoms with Gasteiger partial charge in [-0.2, -0.15) is 0 Å². The van der Waals surface area contributed by atoms with Gasteiger partial charge in [0.1, 0.15) is 0 Å². The first-order chi connectivity index (χ1) is 17.0. The summed E-state index contributed by atoms with van der Waals surface area (Å²) in [6.07, 6.45) is 23.1. The van der Waals surface area contributed by atoms with E-state index in [1.807, 2.05) is 0 Å². The third-order valence-electron chi connectivity index (χ3n) is 5.04. The van der Waals surface area contributed by atoms with Gasteiger partial charge < -0.3 is 26.2 Å². The molecule has 35 heavy (non-hydrogen) atoms. The van der Waals surface area contributed by atoms with Gasteiger partial charge in [-0.15, -0.1) is 0 Å². The van der Waals surface area contributed by atoms with Gasteiger partial charge in [0.15, 0.2) is 0 Å². The van der Waals surface area contributed by atoms with Crippen LogP contribution in [-0.4, -0.2) is 63.6 Å². The number of hydrogen-bond donors (Lipinski definition) is 5. The van der Waals surface area contributed by atoms with Crippen molar-refractivity contribution in [3.63, 3.8) is 0 Å². The minimum Gasteiger partial charge on any atom is -0.481 e. The van der Waals surface area contributed by atoms with Crippen molar-refractivity contribution in [3.8, 4) is 0 Å². The fraction of sp³-hybridized carbons (Fsp3) is 0.923. The second-order valence-electron chi connectivity index (χ2n) is 8.47. The highest BCUT2D eigenvalue weighted by Gasteiger charge is 1.99. The molecule has 0 aliphatic rings. The van der Waals surface area contributed by atoms with Crippen LogP contribution in [0.15, 0.2) is 0 Å². The molecule has 0 aromatic rings. The summed E-state index contributed by atoms with van der Waals surface area (Å²) in [5, 5.41) is 31.7. The summed E-state index contributed by atoms with van der Waals surface area (Å²) in [5.74, 6) is -0.582. The third kappa shape index (κ3) is 51.1. The topological polar surface area (TPSA) is 141 Å². The zero-order valence-corrected chi connectivity index (χ0v) is 23.9. The summed E-state index contributed by atoms with van der Waals surface area (Å²) < 4.78 is 0. The van der Waals surface area contributed by atoms with E-state index in [0.717, 1.165) is 6.54 Å². The summed E-state index contributed by atoms with van der Waals surface area (Å²) in [5.41, 5.74) is 5.48. The molecule has 0 aliphatic heterocycles. The smallest absolute Gasteiger partial charge is 0.304 e. The van der Waals surface area contributed by atoms with Gasteiger partial charge in [-0.1, -0.05) is 125 Å². The number of nitrogens with two attached hydrogens (primary N) is 1. The molecule has 9 heteroatoms. The fourth-order valence-corrected chi connectivity index (χ4v) is 5.03. The molecule has 7 nitrogen and oxygen atoms in total. The molecule has 212 valence electrons. The average molecular weight is 542 g/mol. The Morgan fingerprint density at radius 1 is 0.571 bits per heavy atom. The van der Waals surface area contributed by atoms with Gasteiger partial charge in [0, 0.05) is 11.5 Å². The Bertz CT molecular complexity index is 381. The van der Waals surface area contributed by atoms with Crippen molar-refractivity contribution in [2.45, 2.75) is 122 Å². The van der Waals surface area contributed by atoms with E-state index in [1.54, 1.807) is 0 Å². The summed E-state index contributed by atoms with van der Waals surface area (Å²) in [6, 6.07) is 0. The predicted molar refractivity (Wildman–Crippen MR) is 152 cm³/mol.